The van der Waals surface area contributed by atoms with Crippen molar-refractivity contribution < 1.29 is 4.79 Å². The predicted molar refractivity (Wildman–Crippen MR) is 104 cm³/mol. The normalized spacial score (nSPS) is 10.4. The fraction of sp³-hybridized carbons (Fsp3) is 0.350. The third kappa shape index (κ3) is 7.18. The Kier molecular flexibility index (Phi) is 9.05. The first-order valence-electron chi connectivity index (χ1n) is 8.39. The van der Waals surface area contributed by atoms with Gasteiger partial charge in [-0.25, -0.2) is 0 Å². The standard InChI is InChI=1S/C20H29N3O/c1-5-17-12-13-18(19(14-17)21-4)10-8-7-9-11-20(24)23-15-16(3)22-6-2/h6,8,10,12-14,21-22H,2-3,5,7,9,11,15H2,1,4H3,(H,23,24)/b10-8+. The van der Waals surface area contributed by atoms with Crippen molar-refractivity contribution in [3.63, 3.8) is 0 Å². The van der Waals surface area contributed by atoms with Gasteiger partial charge in [-0.3, -0.25) is 4.79 Å². The maximum absolute atomic E-state index is 11.7. The Balaban J connectivity index is 2.34. The quantitative estimate of drug-likeness (QED) is 0.541. The zero-order chi connectivity index (χ0) is 17.8. The Bertz CT molecular complexity index is 591. The second-order valence-corrected chi connectivity index (χ2v) is 5.55. The first kappa shape index (κ1) is 19.6. The number of carbonyl (C=O) groups is 1. The molecule has 0 aliphatic carbocycles. The van der Waals surface area contributed by atoms with Crippen LogP contribution in [0.1, 0.15) is 37.3 Å². The highest BCUT2D eigenvalue weighted by molar-refractivity contribution is 5.76. The number of benzene rings is 1. The molecule has 1 amide bonds. The summed E-state index contributed by atoms with van der Waals surface area (Å²) in [6.07, 6.45) is 9.02. The maximum Gasteiger partial charge on any atom is 0.220 e. The van der Waals surface area contributed by atoms with Crippen molar-refractivity contribution in [1.82, 2.24) is 10.6 Å². The van der Waals surface area contributed by atoms with Crippen molar-refractivity contribution in [1.29, 1.82) is 0 Å². The van der Waals surface area contributed by atoms with E-state index in [9.17, 15) is 4.79 Å². The van der Waals surface area contributed by atoms with E-state index in [0.717, 1.165) is 30.6 Å². The topological polar surface area (TPSA) is 53.2 Å². The minimum Gasteiger partial charge on any atom is -0.388 e. The van der Waals surface area contributed by atoms with Gasteiger partial charge in [-0.1, -0.05) is 44.4 Å². The van der Waals surface area contributed by atoms with E-state index >= 15 is 0 Å². The summed E-state index contributed by atoms with van der Waals surface area (Å²) < 4.78 is 0. The molecule has 0 spiro atoms. The first-order valence-corrected chi connectivity index (χ1v) is 8.39. The molecule has 0 heterocycles. The van der Waals surface area contributed by atoms with E-state index < -0.39 is 0 Å². The first-order chi connectivity index (χ1) is 11.6. The number of allylic oxidation sites excluding steroid dienone is 1. The Labute approximate surface area is 145 Å². The van der Waals surface area contributed by atoms with Gasteiger partial charge in [-0.15, -0.1) is 0 Å². The number of amides is 1. The van der Waals surface area contributed by atoms with Crippen molar-refractivity contribution in [3.8, 4) is 0 Å². The van der Waals surface area contributed by atoms with E-state index in [1.54, 1.807) is 6.20 Å². The zero-order valence-electron chi connectivity index (χ0n) is 14.8. The molecule has 130 valence electrons. The lowest BCUT2D eigenvalue weighted by Crippen LogP contribution is -2.28. The van der Waals surface area contributed by atoms with Crippen LogP contribution < -0.4 is 16.0 Å². The molecule has 1 aromatic carbocycles. The van der Waals surface area contributed by atoms with Gasteiger partial charge in [0, 0.05) is 24.9 Å². The third-order valence-electron chi connectivity index (χ3n) is 3.67. The van der Waals surface area contributed by atoms with Crippen molar-refractivity contribution in [2.75, 3.05) is 18.9 Å². The summed E-state index contributed by atoms with van der Waals surface area (Å²) >= 11 is 0. The molecule has 0 fully saturated rings. The van der Waals surface area contributed by atoms with Gasteiger partial charge in [-0.05, 0) is 42.7 Å². The van der Waals surface area contributed by atoms with Gasteiger partial charge in [0.2, 0.25) is 5.91 Å². The van der Waals surface area contributed by atoms with Gasteiger partial charge in [0.15, 0.2) is 0 Å². The zero-order valence-corrected chi connectivity index (χ0v) is 14.8. The molecule has 0 radical (unpaired) electrons. The third-order valence-corrected chi connectivity index (χ3v) is 3.67. The molecule has 0 unspecified atom stereocenters. The molecule has 0 saturated carbocycles. The highest BCUT2D eigenvalue weighted by atomic mass is 16.1. The second-order valence-electron chi connectivity index (χ2n) is 5.55. The van der Waals surface area contributed by atoms with Crippen LogP contribution in [0.5, 0.6) is 0 Å². The van der Waals surface area contributed by atoms with Crippen molar-refractivity contribution in [2.24, 2.45) is 0 Å². The van der Waals surface area contributed by atoms with Crippen LogP contribution in [0.4, 0.5) is 5.69 Å². The van der Waals surface area contributed by atoms with Crippen molar-refractivity contribution in [2.45, 2.75) is 32.6 Å². The molecule has 3 N–H and O–H groups in total. The fourth-order valence-electron chi connectivity index (χ4n) is 2.26. The van der Waals surface area contributed by atoms with Crippen LogP contribution in [0.2, 0.25) is 0 Å². The summed E-state index contributed by atoms with van der Waals surface area (Å²) in [4.78, 5) is 11.7. The van der Waals surface area contributed by atoms with Gasteiger partial charge >= 0.3 is 0 Å². The van der Waals surface area contributed by atoms with Crippen molar-refractivity contribution >= 4 is 17.7 Å². The maximum atomic E-state index is 11.7. The molecular weight excluding hydrogens is 298 g/mol. The van der Waals surface area contributed by atoms with Crippen LogP contribution in [0.3, 0.4) is 0 Å². The molecule has 0 aliphatic heterocycles. The summed E-state index contributed by atoms with van der Waals surface area (Å²) in [6, 6.07) is 6.46. The SMILES string of the molecule is C=CNC(=C)CNC(=O)CCC/C=C/c1ccc(CC)cc1NC. The fourth-order valence-corrected chi connectivity index (χ4v) is 2.26. The molecule has 4 heteroatoms. The Morgan fingerprint density at radius 2 is 2.12 bits per heavy atom. The summed E-state index contributed by atoms with van der Waals surface area (Å²) in [6.45, 7) is 9.90. The lowest BCUT2D eigenvalue weighted by molar-refractivity contribution is -0.121. The van der Waals surface area contributed by atoms with Gasteiger partial charge in [0.05, 0.1) is 6.54 Å². The molecule has 0 bridgehead atoms. The lowest BCUT2D eigenvalue weighted by atomic mass is 10.1. The van der Waals surface area contributed by atoms with Gasteiger partial charge in [0.25, 0.3) is 0 Å². The molecule has 4 nitrogen and oxygen atoms in total. The Morgan fingerprint density at radius 3 is 2.79 bits per heavy atom. The molecule has 0 atom stereocenters. The molecule has 0 aromatic heterocycles. The minimum absolute atomic E-state index is 0.0404. The average Bonchev–Trinajstić information content (AvgIpc) is 2.60. The van der Waals surface area contributed by atoms with Crippen LogP contribution in [0.15, 0.2) is 49.3 Å². The lowest BCUT2D eigenvalue weighted by Gasteiger charge is -2.08. The molecule has 1 aromatic rings. The largest absolute Gasteiger partial charge is 0.388 e. The number of hydrogen-bond acceptors (Lipinski definition) is 3. The van der Waals surface area contributed by atoms with Gasteiger partial charge in [-0.2, -0.15) is 0 Å². The summed E-state index contributed by atoms with van der Waals surface area (Å²) in [5.41, 5.74) is 4.36. The Morgan fingerprint density at radius 1 is 1.33 bits per heavy atom. The summed E-state index contributed by atoms with van der Waals surface area (Å²) in [5, 5.41) is 8.91. The van der Waals surface area contributed by atoms with Crippen LogP contribution in [-0.4, -0.2) is 19.5 Å². The smallest absolute Gasteiger partial charge is 0.220 e. The van der Waals surface area contributed by atoms with Crippen LogP contribution in [0.25, 0.3) is 6.08 Å². The minimum atomic E-state index is 0.0404. The molecule has 1 rings (SSSR count). The summed E-state index contributed by atoms with van der Waals surface area (Å²) in [5.74, 6) is 0.0404. The number of aryl methyl sites for hydroxylation is 1. The monoisotopic (exact) mass is 327 g/mol. The molecule has 24 heavy (non-hydrogen) atoms. The molecular formula is C20H29N3O. The number of anilines is 1. The molecule has 0 saturated heterocycles. The summed E-state index contributed by atoms with van der Waals surface area (Å²) in [7, 11) is 1.94. The van der Waals surface area contributed by atoms with E-state index in [0.29, 0.717) is 13.0 Å². The number of carbonyl (C=O) groups excluding carboxylic acids is 1. The van der Waals surface area contributed by atoms with E-state index in [2.05, 4.69) is 66.4 Å². The number of rotatable bonds is 11. The van der Waals surface area contributed by atoms with Crippen molar-refractivity contribution in [3.05, 3.63) is 60.5 Å². The van der Waals surface area contributed by atoms with E-state index in [-0.39, 0.29) is 5.91 Å². The van der Waals surface area contributed by atoms with Crippen LogP contribution in [0, 0.1) is 0 Å². The van der Waals surface area contributed by atoms with E-state index in [4.69, 9.17) is 0 Å². The van der Waals surface area contributed by atoms with Crippen LogP contribution >= 0.6 is 0 Å². The highest BCUT2D eigenvalue weighted by Crippen LogP contribution is 2.19. The number of nitrogens with one attached hydrogen (secondary N) is 3. The van der Waals surface area contributed by atoms with Gasteiger partial charge in [0.1, 0.15) is 0 Å². The average molecular weight is 327 g/mol. The van der Waals surface area contributed by atoms with Gasteiger partial charge < -0.3 is 16.0 Å². The second kappa shape index (κ2) is 11.1. The predicted octanol–water partition coefficient (Wildman–Crippen LogP) is 3.84. The van der Waals surface area contributed by atoms with E-state index in [1.165, 1.54) is 11.1 Å². The highest BCUT2D eigenvalue weighted by Gasteiger charge is 2.01. The Hall–Kier alpha value is -2.49. The number of unbranched alkanes of at least 4 members (excludes halogenated alkanes) is 1. The molecule has 0 aliphatic rings. The van der Waals surface area contributed by atoms with E-state index in [1.807, 2.05) is 7.05 Å². The number of hydrogen-bond donors (Lipinski definition) is 3. The van der Waals surface area contributed by atoms with Crippen LogP contribution in [-0.2, 0) is 11.2 Å².